The Morgan fingerprint density at radius 3 is 2.74 bits per heavy atom. The normalized spacial score (nSPS) is 10.9. The Hall–Kier alpha value is -2.07. The molecule has 0 saturated heterocycles. The van der Waals surface area contributed by atoms with Crippen LogP contribution in [0.1, 0.15) is 17.0 Å². The molecule has 4 nitrogen and oxygen atoms in total. The van der Waals surface area contributed by atoms with Crippen LogP contribution in [0, 0.1) is 13.8 Å². The molecule has 0 aliphatic rings. The van der Waals surface area contributed by atoms with E-state index in [1.165, 1.54) is 6.08 Å². The third-order valence-electron chi connectivity index (χ3n) is 2.70. The fourth-order valence-corrected chi connectivity index (χ4v) is 1.87. The van der Waals surface area contributed by atoms with Crippen molar-refractivity contribution < 1.29 is 4.79 Å². The van der Waals surface area contributed by atoms with Crippen molar-refractivity contribution >= 4 is 29.3 Å². The average molecular weight is 276 g/mol. The Bertz CT molecular complexity index is 612. The number of rotatable bonds is 3. The van der Waals surface area contributed by atoms with Gasteiger partial charge in [-0.1, -0.05) is 29.8 Å². The summed E-state index contributed by atoms with van der Waals surface area (Å²) in [6, 6.07) is 7.34. The maximum Gasteiger partial charge on any atom is 0.248 e. The predicted octanol–water partition coefficient (Wildman–Crippen LogP) is 3.33. The number of hydrogen-bond donors (Lipinski definition) is 2. The minimum absolute atomic E-state index is 0.215. The zero-order chi connectivity index (χ0) is 13.8. The fraction of sp³-hybridized carbons (Fsp3) is 0.143. The second-order valence-corrected chi connectivity index (χ2v) is 4.56. The Kier molecular flexibility index (Phi) is 4.02. The molecule has 1 heterocycles. The number of carbonyl (C=O) groups is 1. The van der Waals surface area contributed by atoms with Gasteiger partial charge in [0.05, 0.1) is 17.1 Å². The first-order valence-corrected chi connectivity index (χ1v) is 6.21. The zero-order valence-corrected chi connectivity index (χ0v) is 11.5. The molecule has 1 amide bonds. The van der Waals surface area contributed by atoms with E-state index in [4.69, 9.17) is 11.6 Å². The lowest BCUT2D eigenvalue weighted by Gasteiger charge is -2.01. The van der Waals surface area contributed by atoms with Crippen LogP contribution in [0.5, 0.6) is 0 Å². The molecule has 0 radical (unpaired) electrons. The lowest BCUT2D eigenvalue weighted by molar-refractivity contribution is -0.111. The van der Waals surface area contributed by atoms with Crippen molar-refractivity contribution in [3.63, 3.8) is 0 Å². The number of hydrogen-bond acceptors (Lipinski definition) is 2. The van der Waals surface area contributed by atoms with Gasteiger partial charge in [-0.25, -0.2) is 0 Å². The van der Waals surface area contributed by atoms with E-state index in [1.54, 1.807) is 12.1 Å². The highest BCUT2D eigenvalue weighted by molar-refractivity contribution is 6.32. The Balaban J connectivity index is 2.08. The summed E-state index contributed by atoms with van der Waals surface area (Å²) < 4.78 is 0. The van der Waals surface area contributed by atoms with Crippen LogP contribution < -0.4 is 5.32 Å². The van der Waals surface area contributed by atoms with Crippen LogP contribution in [-0.2, 0) is 4.79 Å². The van der Waals surface area contributed by atoms with Crippen molar-refractivity contribution in [2.24, 2.45) is 0 Å². The monoisotopic (exact) mass is 275 g/mol. The van der Waals surface area contributed by atoms with E-state index in [0.29, 0.717) is 10.7 Å². The lowest BCUT2D eigenvalue weighted by atomic mass is 10.2. The van der Waals surface area contributed by atoms with Crippen LogP contribution in [0.25, 0.3) is 6.08 Å². The largest absolute Gasteiger partial charge is 0.319 e. The predicted molar refractivity (Wildman–Crippen MR) is 77.2 cm³/mol. The molecule has 5 heteroatoms. The Morgan fingerprint density at radius 1 is 1.37 bits per heavy atom. The number of aromatic nitrogens is 2. The zero-order valence-electron chi connectivity index (χ0n) is 10.7. The topological polar surface area (TPSA) is 57.8 Å². The highest BCUT2D eigenvalue weighted by atomic mass is 35.5. The standard InChI is InChI=1S/C14H14ClN3O/c1-9-14(10(2)18-17-9)16-13(19)8-7-11-5-3-4-6-12(11)15/h3-8H,1-2H3,(H,16,19)(H,17,18)/b8-7+. The van der Waals surface area contributed by atoms with Gasteiger partial charge >= 0.3 is 0 Å². The number of anilines is 1. The highest BCUT2D eigenvalue weighted by Gasteiger charge is 2.07. The van der Waals surface area contributed by atoms with E-state index in [2.05, 4.69) is 15.5 Å². The SMILES string of the molecule is Cc1n[nH]c(C)c1NC(=O)/C=C/c1ccccc1Cl. The van der Waals surface area contributed by atoms with Gasteiger partial charge in [-0.3, -0.25) is 9.89 Å². The Morgan fingerprint density at radius 2 is 2.11 bits per heavy atom. The van der Waals surface area contributed by atoms with Crippen LogP contribution in [0.4, 0.5) is 5.69 Å². The van der Waals surface area contributed by atoms with E-state index in [1.807, 2.05) is 32.0 Å². The number of aryl methyl sites for hydroxylation is 2. The number of halogens is 1. The molecule has 2 N–H and O–H groups in total. The number of benzene rings is 1. The first-order valence-electron chi connectivity index (χ1n) is 5.83. The van der Waals surface area contributed by atoms with E-state index in [0.717, 1.165) is 17.0 Å². The van der Waals surface area contributed by atoms with Crippen LogP contribution in [0.2, 0.25) is 5.02 Å². The molecule has 0 atom stereocenters. The van der Waals surface area contributed by atoms with Crippen LogP contribution in [0.15, 0.2) is 30.3 Å². The maximum absolute atomic E-state index is 11.8. The number of aromatic amines is 1. The molecule has 19 heavy (non-hydrogen) atoms. The molecule has 1 aromatic heterocycles. The third-order valence-corrected chi connectivity index (χ3v) is 3.04. The molecule has 0 fully saturated rings. The summed E-state index contributed by atoms with van der Waals surface area (Å²) in [6.07, 6.45) is 3.13. The first-order chi connectivity index (χ1) is 9.08. The van der Waals surface area contributed by atoms with Crippen molar-refractivity contribution in [2.75, 3.05) is 5.32 Å². The smallest absolute Gasteiger partial charge is 0.248 e. The molecule has 2 rings (SSSR count). The number of carbonyl (C=O) groups excluding carboxylic acids is 1. The number of H-pyrrole nitrogens is 1. The van der Waals surface area contributed by atoms with Gasteiger partial charge in [0.2, 0.25) is 5.91 Å². The van der Waals surface area contributed by atoms with Crippen molar-refractivity contribution in [3.05, 3.63) is 52.3 Å². The molecule has 0 aliphatic heterocycles. The summed E-state index contributed by atoms with van der Waals surface area (Å²) in [5.41, 5.74) is 3.11. The van der Waals surface area contributed by atoms with Crippen LogP contribution in [0.3, 0.4) is 0 Å². The molecule has 1 aromatic carbocycles. The van der Waals surface area contributed by atoms with Crippen LogP contribution in [-0.4, -0.2) is 16.1 Å². The minimum Gasteiger partial charge on any atom is -0.319 e. The second-order valence-electron chi connectivity index (χ2n) is 4.15. The summed E-state index contributed by atoms with van der Waals surface area (Å²) in [5, 5.41) is 10.2. The van der Waals surface area contributed by atoms with Gasteiger partial charge in [-0.05, 0) is 31.6 Å². The molecule has 0 bridgehead atoms. The molecule has 0 unspecified atom stereocenters. The van der Waals surface area contributed by atoms with Gasteiger partial charge in [-0.15, -0.1) is 0 Å². The van der Waals surface area contributed by atoms with E-state index in [-0.39, 0.29) is 5.91 Å². The third kappa shape index (κ3) is 3.23. The van der Waals surface area contributed by atoms with Crippen LogP contribution >= 0.6 is 11.6 Å². The molecular weight excluding hydrogens is 262 g/mol. The van der Waals surface area contributed by atoms with E-state index >= 15 is 0 Å². The average Bonchev–Trinajstić information content (AvgIpc) is 2.70. The summed E-state index contributed by atoms with van der Waals surface area (Å²) in [7, 11) is 0. The Labute approximate surface area is 116 Å². The first kappa shape index (κ1) is 13.4. The van der Waals surface area contributed by atoms with Crippen molar-refractivity contribution in [1.29, 1.82) is 0 Å². The van der Waals surface area contributed by atoms with Gasteiger partial charge in [0.15, 0.2) is 0 Å². The molecule has 2 aromatic rings. The summed E-state index contributed by atoms with van der Waals surface area (Å²) in [6.45, 7) is 3.68. The van der Waals surface area contributed by atoms with Gasteiger partial charge < -0.3 is 5.32 Å². The van der Waals surface area contributed by atoms with Crippen molar-refractivity contribution in [3.8, 4) is 0 Å². The molecule has 0 saturated carbocycles. The quantitative estimate of drug-likeness (QED) is 0.844. The van der Waals surface area contributed by atoms with E-state index < -0.39 is 0 Å². The number of nitrogens with one attached hydrogen (secondary N) is 2. The number of amides is 1. The van der Waals surface area contributed by atoms with Crippen molar-refractivity contribution in [1.82, 2.24) is 10.2 Å². The van der Waals surface area contributed by atoms with Crippen molar-refractivity contribution in [2.45, 2.75) is 13.8 Å². The lowest BCUT2D eigenvalue weighted by Crippen LogP contribution is -2.09. The summed E-state index contributed by atoms with van der Waals surface area (Å²) in [5.74, 6) is -0.215. The van der Waals surface area contributed by atoms with Gasteiger partial charge in [0.25, 0.3) is 0 Å². The maximum atomic E-state index is 11.8. The molecule has 98 valence electrons. The number of nitrogens with zero attached hydrogens (tertiary/aromatic N) is 1. The van der Waals surface area contributed by atoms with Gasteiger partial charge in [0.1, 0.15) is 0 Å². The molecular formula is C14H14ClN3O. The summed E-state index contributed by atoms with van der Waals surface area (Å²) >= 11 is 6.00. The van der Waals surface area contributed by atoms with E-state index in [9.17, 15) is 4.79 Å². The fourth-order valence-electron chi connectivity index (χ4n) is 1.68. The summed E-state index contributed by atoms with van der Waals surface area (Å²) in [4.78, 5) is 11.8. The van der Waals surface area contributed by atoms with Gasteiger partial charge in [-0.2, -0.15) is 5.10 Å². The highest BCUT2D eigenvalue weighted by Crippen LogP contribution is 2.18. The minimum atomic E-state index is -0.215. The molecule has 0 aliphatic carbocycles. The van der Waals surface area contributed by atoms with Gasteiger partial charge in [0, 0.05) is 11.1 Å². The molecule has 0 spiro atoms. The second kappa shape index (κ2) is 5.71.